The number of carbonyl (C=O) groups is 1. The lowest BCUT2D eigenvalue weighted by atomic mass is 10.1. The molecule has 0 spiro atoms. The van der Waals surface area contributed by atoms with Crippen LogP contribution >= 0.6 is 23.2 Å². The van der Waals surface area contributed by atoms with Crippen molar-refractivity contribution in [3.63, 3.8) is 0 Å². The van der Waals surface area contributed by atoms with Gasteiger partial charge in [-0.1, -0.05) is 29.3 Å². The fourth-order valence-corrected chi connectivity index (χ4v) is 2.32. The summed E-state index contributed by atoms with van der Waals surface area (Å²) in [6, 6.07) is 5.28. The second-order valence-corrected chi connectivity index (χ2v) is 5.26. The lowest BCUT2D eigenvalue weighted by Gasteiger charge is -2.07. The van der Waals surface area contributed by atoms with Crippen LogP contribution in [0.5, 0.6) is 0 Å². The average molecular weight is 325 g/mol. The molecule has 0 N–H and O–H groups in total. The first-order valence-corrected chi connectivity index (χ1v) is 7.20. The predicted molar refractivity (Wildman–Crippen MR) is 82.0 cm³/mol. The molecule has 2 rings (SSSR count). The number of rotatable bonds is 4. The molecule has 0 aliphatic rings. The zero-order valence-electron chi connectivity index (χ0n) is 11.7. The Morgan fingerprint density at radius 2 is 2.10 bits per heavy atom. The molecule has 0 saturated heterocycles. The highest BCUT2D eigenvalue weighted by Crippen LogP contribution is 2.22. The van der Waals surface area contributed by atoms with Gasteiger partial charge in [0.05, 0.1) is 17.9 Å². The van der Waals surface area contributed by atoms with Gasteiger partial charge in [-0.25, -0.2) is 14.8 Å². The maximum absolute atomic E-state index is 11.7. The minimum absolute atomic E-state index is 0.320. The van der Waals surface area contributed by atoms with Crippen LogP contribution in [-0.2, 0) is 11.2 Å². The van der Waals surface area contributed by atoms with E-state index in [9.17, 15) is 4.79 Å². The first-order chi connectivity index (χ1) is 10.0. The van der Waals surface area contributed by atoms with Crippen LogP contribution < -0.4 is 0 Å². The number of hydrogen-bond donors (Lipinski definition) is 0. The predicted octanol–water partition coefficient (Wildman–Crippen LogP) is 3.86. The van der Waals surface area contributed by atoms with Gasteiger partial charge in [0.15, 0.2) is 0 Å². The van der Waals surface area contributed by atoms with Crippen molar-refractivity contribution in [1.29, 1.82) is 0 Å². The van der Waals surface area contributed by atoms with Gasteiger partial charge in [-0.05, 0) is 31.5 Å². The van der Waals surface area contributed by atoms with Crippen LogP contribution in [0, 0.1) is 6.92 Å². The molecule has 1 aromatic heterocycles. The standard InChI is InChI=1S/C15H14Cl2N2O2/c1-3-21-15(20)12-8-18-14(19-9(12)2)6-10-4-5-11(16)7-13(10)17/h4-5,7-8H,3,6H2,1-2H3. The molecule has 0 bridgehead atoms. The van der Waals surface area contributed by atoms with E-state index in [-0.39, 0.29) is 0 Å². The van der Waals surface area contributed by atoms with E-state index in [0.717, 1.165) is 5.56 Å². The summed E-state index contributed by atoms with van der Waals surface area (Å²) in [5, 5.41) is 1.15. The van der Waals surface area contributed by atoms with Gasteiger partial charge in [0.25, 0.3) is 0 Å². The highest BCUT2D eigenvalue weighted by molar-refractivity contribution is 6.35. The molecule has 0 amide bonds. The minimum atomic E-state index is -0.411. The third-order valence-corrected chi connectivity index (χ3v) is 3.48. The van der Waals surface area contributed by atoms with Crippen LogP contribution in [0.2, 0.25) is 10.0 Å². The quantitative estimate of drug-likeness (QED) is 0.801. The topological polar surface area (TPSA) is 52.1 Å². The zero-order valence-corrected chi connectivity index (χ0v) is 13.2. The fraction of sp³-hybridized carbons (Fsp3) is 0.267. The first kappa shape index (κ1) is 15.7. The molecule has 0 radical (unpaired) electrons. The summed E-state index contributed by atoms with van der Waals surface area (Å²) < 4.78 is 4.94. The number of hydrogen-bond acceptors (Lipinski definition) is 4. The van der Waals surface area contributed by atoms with Crippen molar-refractivity contribution in [1.82, 2.24) is 9.97 Å². The molecule has 1 heterocycles. The van der Waals surface area contributed by atoms with Gasteiger partial charge in [-0.15, -0.1) is 0 Å². The summed E-state index contributed by atoms with van der Waals surface area (Å²) in [5.41, 5.74) is 1.84. The molecule has 0 aliphatic heterocycles. The number of esters is 1. The van der Waals surface area contributed by atoms with Gasteiger partial charge in [0.1, 0.15) is 5.82 Å². The van der Waals surface area contributed by atoms with Gasteiger partial charge in [0, 0.05) is 22.7 Å². The molecular weight excluding hydrogens is 311 g/mol. The Bertz CT molecular complexity index is 675. The van der Waals surface area contributed by atoms with E-state index in [4.69, 9.17) is 27.9 Å². The molecule has 0 saturated carbocycles. The molecule has 0 fully saturated rings. The van der Waals surface area contributed by atoms with Gasteiger partial charge in [-0.2, -0.15) is 0 Å². The lowest BCUT2D eigenvalue weighted by Crippen LogP contribution is -2.10. The Morgan fingerprint density at radius 1 is 1.33 bits per heavy atom. The average Bonchev–Trinajstić information content (AvgIpc) is 2.42. The Hall–Kier alpha value is -1.65. The van der Waals surface area contributed by atoms with E-state index >= 15 is 0 Å². The first-order valence-electron chi connectivity index (χ1n) is 6.44. The van der Waals surface area contributed by atoms with E-state index < -0.39 is 5.97 Å². The smallest absolute Gasteiger partial charge is 0.341 e. The Balaban J connectivity index is 2.22. The van der Waals surface area contributed by atoms with E-state index in [1.807, 2.05) is 6.07 Å². The summed E-state index contributed by atoms with van der Waals surface area (Å²) in [4.78, 5) is 20.2. The van der Waals surface area contributed by atoms with Crippen LogP contribution in [-0.4, -0.2) is 22.5 Å². The highest BCUT2D eigenvalue weighted by Gasteiger charge is 2.13. The SMILES string of the molecule is CCOC(=O)c1cnc(Cc2ccc(Cl)cc2Cl)nc1C. The normalized spacial score (nSPS) is 10.5. The summed E-state index contributed by atoms with van der Waals surface area (Å²) in [5.74, 6) is 0.177. The van der Waals surface area contributed by atoms with E-state index in [1.165, 1.54) is 6.20 Å². The lowest BCUT2D eigenvalue weighted by molar-refractivity contribution is 0.0524. The third-order valence-electron chi connectivity index (χ3n) is 2.89. The van der Waals surface area contributed by atoms with Gasteiger partial charge in [0.2, 0.25) is 0 Å². The van der Waals surface area contributed by atoms with Crippen molar-refractivity contribution >= 4 is 29.2 Å². The zero-order chi connectivity index (χ0) is 15.4. The molecule has 0 aliphatic carbocycles. The number of aromatic nitrogens is 2. The fourth-order valence-electron chi connectivity index (χ4n) is 1.84. The van der Waals surface area contributed by atoms with E-state index in [2.05, 4.69) is 9.97 Å². The molecule has 1 aromatic carbocycles. The van der Waals surface area contributed by atoms with Gasteiger partial charge in [-0.3, -0.25) is 0 Å². The largest absolute Gasteiger partial charge is 0.462 e. The van der Waals surface area contributed by atoms with Crippen molar-refractivity contribution < 1.29 is 9.53 Å². The molecule has 0 unspecified atom stereocenters. The summed E-state index contributed by atoms with van der Waals surface area (Å²) in [7, 11) is 0. The Kier molecular flexibility index (Phi) is 5.15. The summed E-state index contributed by atoms with van der Waals surface area (Å²) >= 11 is 12.0. The maximum atomic E-state index is 11.7. The molecule has 4 nitrogen and oxygen atoms in total. The second kappa shape index (κ2) is 6.87. The molecule has 2 aromatic rings. The minimum Gasteiger partial charge on any atom is -0.462 e. The molecule has 6 heteroatoms. The van der Waals surface area contributed by atoms with Crippen molar-refractivity contribution in [3.05, 3.63) is 57.1 Å². The van der Waals surface area contributed by atoms with Gasteiger partial charge >= 0.3 is 5.97 Å². The van der Waals surface area contributed by atoms with E-state index in [1.54, 1.807) is 26.0 Å². The summed E-state index contributed by atoms with van der Waals surface area (Å²) in [6.45, 7) is 3.83. The maximum Gasteiger partial charge on any atom is 0.341 e. The highest BCUT2D eigenvalue weighted by atomic mass is 35.5. The number of carbonyl (C=O) groups excluding carboxylic acids is 1. The number of halogens is 2. The van der Waals surface area contributed by atoms with Crippen LogP contribution in [0.1, 0.15) is 34.4 Å². The summed E-state index contributed by atoms with van der Waals surface area (Å²) in [6.07, 6.45) is 1.96. The van der Waals surface area contributed by atoms with Crippen LogP contribution in [0.15, 0.2) is 24.4 Å². The van der Waals surface area contributed by atoms with Crippen molar-refractivity contribution in [2.45, 2.75) is 20.3 Å². The number of ether oxygens (including phenoxy) is 1. The Morgan fingerprint density at radius 3 is 2.71 bits per heavy atom. The second-order valence-electron chi connectivity index (χ2n) is 4.42. The van der Waals surface area contributed by atoms with Crippen molar-refractivity contribution in [2.75, 3.05) is 6.61 Å². The van der Waals surface area contributed by atoms with Crippen LogP contribution in [0.25, 0.3) is 0 Å². The molecule has 110 valence electrons. The number of nitrogens with zero attached hydrogens (tertiary/aromatic N) is 2. The van der Waals surface area contributed by atoms with Crippen molar-refractivity contribution in [3.8, 4) is 0 Å². The number of aryl methyl sites for hydroxylation is 1. The van der Waals surface area contributed by atoms with Crippen molar-refractivity contribution in [2.24, 2.45) is 0 Å². The monoisotopic (exact) mass is 324 g/mol. The third kappa shape index (κ3) is 3.93. The van der Waals surface area contributed by atoms with E-state index in [0.29, 0.717) is 40.2 Å². The molecule has 0 atom stereocenters. The van der Waals surface area contributed by atoms with Crippen LogP contribution in [0.3, 0.4) is 0 Å². The molecule has 21 heavy (non-hydrogen) atoms. The number of benzene rings is 1. The Labute approximate surface area is 133 Å². The molecular formula is C15H14Cl2N2O2. The van der Waals surface area contributed by atoms with Gasteiger partial charge < -0.3 is 4.74 Å². The van der Waals surface area contributed by atoms with Crippen LogP contribution in [0.4, 0.5) is 0 Å².